The Kier molecular flexibility index (Phi) is 6.27. The highest BCUT2D eigenvalue weighted by Crippen LogP contribution is 2.24. The van der Waals surface area contributed by atoms with Gasteiger partial charge in [0.05, 0.1) is 23.6 Å². The van der Waals surface area contributed by atoms with Crippen LogP contribution in [-0.2, 0) is 23.1 Å². The zero-order valence-electron chi connectivity index (χ0n) is 15.7. The Morgan fingerprint density at radius 1 is 0.966 bits per heavy atom. The van der Waals surface area contributed by atoms with Crippen LogP contribution in [0.1, 0.15) is 16.7 Å². The summed E-state index contributed by atoms with van der Waals surface area (Å²) in [5, 5.41) is 9.36. The van der Waals surface area contributed by atoms with Gasteiger partial charge in [0.15, 0.2) is 0 Å². The number of halogens is 1. The van der Waals surface area contributed by atoms with Crippen molar-refractivity contribution in [3.63, 3.8) is 0 Å². The first-order valence-corrected chi connectivity index (χ1v) is 10.2. The van der Waals surface area contributed by atoms with E-state index in [1.807, 2.05) is 0 Å². The predicted molar refractivity (Wildman–Crippen MR) is 107 cm³/mol. The van der Waals surface area contributed by atoms with Crippen molar-refractivity contribution in [3.05, 3.63) is 95.3 Å². The fourth-order valence-corrected chi connectivity index (χ4v) is 4.28. The van der Waals surface area contributed by atoms with Gasteiger partial charge in [-0.3, -0.25) is 0 Å². The molecule has 0 saturated carbocycles. The third kappa shape index (κ3) is 4.80. The lowest BCUT2D eigenvalue weighted by Crippen LogP contribution is -2.30. The van der Waals surface area contributed by atoms with E-state index in [-0.39, 0.29) is 18.0 Å². The highest BCUT2D eigenvalue weighted by Gasteiger charge is 2.26. The first-order chi connectivity index (χ1) is 13.9. The largest absolute Gasteiger partial charge is 0.497 e. The molecule has 0 aromatic heterocycles. The average Bonchev–Trinajstić information content (AvgIpc) is 2.75. The monoisotopic (exact) mass is 410 g/mol. The number of nitrogens with zero attached hydrogens (tertiary/aromatic N) is 2. The van der Waals surface area contributed by atoms with Crippen molar-refractivity contribution in [3.8, 4) is 11.8 Å². The van der Waals surface area contributed by atoms with Gasteiger partial charge in [0, 0.05) is 13.1 Å². The van der Waals surface area contributed by atoms with Gasteiger partial charge in [0.2, 0.25) is 10.0 Å². The van der Waals surface area contributed by atoms with Crippen LogP contribution in [0.25, 0.3) is 0 Å². The van der Waals surface area contributed by atoms with Gasteiger partial charge in [0.25, 0.3) is 0 Å². The number of benzene rings is 3. The molecule has 3 aromatic rings. The summed E-state index contributed by atoms with van der Waals surface area (Å²) < 4.78 is 46.3. The second-order valence-corrected chi connectivity index (χ2v) is 8.28. The van der Waals surface area contributed by atoms with Crippen molar-refractivity contribution in [2.24, 2.45) is 0 Å². The summed E-state index contributed by atoms with van der Waals surface area (Å²) in [7, 11) is -2.38. The third-order valence-corrected chi connectivity index (χ3v) is 6.26. The van der Waals surface area contributed by atoms with E-state index < -0.39 is 15.8 Å². The van der Waals surface area contributed by atoms with Crippen LogP contribution < -0.4 is 4.74 Å². The van der Waals surface area contributed by atoms with Crippen LogP contribution in [-0.4, -0.2) is 19.8 Å². The average molecular weight is 410 g/mol. The van der Waals surface area contributed by atoms with Crippen LogP contribution in [0.4, 0.5) is 4.39 Å². The predicted octanol–water partition coefficient (Wildman–Crippen LogP) is 4.10. The highest BCUT2D eigenvalue weighted by atomic mass is 32.2. The summed E-state index contributed by atoms with van der Waals surface area (Å²) in [6.07, 6.45) is 0. The molecule has 0 heterocycles. The molecule has 0 spiro atoms. The van der Waals surface area contributed by atoms with E-state index in [0.717, 1.165) is 0 Å². The number of hydrogen-bond acceptors (Lipinski definition) is 4. The number of hydrogen-bond donors (Lipinski definition) is 0. The van der Waals surface area contributed by atoms with Crippen LogP contribution in [0, 0.1) is 17.1 Å². The van der Waals surface area contributed by atoms with Gasteiger partial charge < -0.3 is 4.74 Å². The Balaban J connectivity index is 2.00. The molecule has 3 rings (SSSR count). The zero-order chi connectivity index (χ0) is 20.9. The van der Waals surface area contributed by atoms with Crippen molar-refractivity contribution in [1.82, 2.24) is 4.31 Å². The molecule has 5 nitrogen and oxygen atoms in total. The minimum absolute atomic E-state index is 0.00940. The van der Waals surface area contributed by atoms with E-state index in [0.29, 0.717) is 22.4 Å². The number of methoxy groups -OCH3 is 1. The van der Waals surface area contributed by atoms with E-state index in [4.69, 9.17) is 4.74 Å². The Hall–Kier alpha value is -3.21. The first-order valence-electron chi connectivity index (χ1n) is 8.80. The molecular formula is C22H19FN2O3S. The number of rotatable bonds is 7. The number of sulfonamides is 1. The van der Waals surface area contributed by atoms with E-state index in [1.54, 1.807) is 48.5 Å². The fraction of sp³-hybridized carbons (Fsp3) is 0.136. The van der Waals surface area contributed by atoms with Crippen molar-refractivity contribution in [2.75, 3.05) is 7.11 Å². The molecule has 0 aliphatic heterocycles. The van der Waals surface area contributed by atoms with Gasteiger partial charge >= 0.3 is 0 Å². The smallest absolute Gasteiger partial charge is 0.243 e. The molecule has 29 heavy (non-hydrogen) atoms. The molecule has 148 valence electrons. The maximum atomic E-state index is 13.3. The van der Waals surface area contributed by atoms with Crippen LogP contribution in [0.3, 0.4) is 0 Å². The molecular weight excluding hydrogens is 391 g/mol. The molecule has 0 radical (unpaired) electrons. The third-order valence-electron chi connectivity index (χ3n) is 4.45. The lowest BCUT2D eigenvalue weighted by Gasteiger charge is -2.23. The van der Waals surface area contributed by atoms with Crippen molar-refractivity contribution >= 4 is 10.0 Å². The molecule has 0 bridgehead atoms. The summed E-state index contributed by atoms with van der Waals surface area (Å²) >= 11 is 0. The summed E-state index contributed by atoms with van der Waals surface area (Å²) in [5.41, 5.74) is 1.63. The van der Waals surface area contributed by atoms with Crippen LogP contribution in [0.15, 0.2) is 77.7 Å². The fourth-order valence-electron chi connectivity index (χ4n) is 2.87. The number of ether oxygens (including phenoxy) is 1. The topological polar surface area (TPSA) is 70.4 Å². The van der Waals surface area contributed by atoms with E-state index in [1.165, 1.54) is 35.7 Å². The van der Waals surface area contributed by atoms with Crippen molar-refractivity contribution in [2.45, 2.75) is 18.0 Å². The van der Waals surface area contributed by atoms with Crippen molar-refractivity contribution < 1.29 is 17.5 Å². The minimum Gasteiger partial charge on any atom is -0.497 e. The van der Waals surface area contributed by atoms with Gasteiger partial charge in [-0.05, 0) is 53.6 Å². The highest BCUT2D eigenvalue weighted by molar-refractivity contribution is 7.89. The second kappa shape index (κ2) is 8.86. The molecule has 0 aliphatic carbocycles. The minimum atomic E-state index is -3.88. The maximum Gasteiger partial charge on any atom is 0.243 e. The summed E-state index contributed by atoms with van der Waals surface area (Å²) in [5.74, 6) is 0.150. The van der Waals surface area contributed by atoms with E-state index >= 15 is 0 Å². The zero-order valence-corrected chi connectivity index (χ0v) is 16.6. The summed E-state index contributed by atoms with van der Waals surface area (Å²) in [6, 6.07) is 20.7. The lowest BCUT2D eigenvalue weighted by atomic mass is 10.1. The normalized spacial score (nSPS) is 11.2. The maximum absolute atomic E-state index is 13.3. The van der Waals surface area contributed by atoms with Crippen LogP contribution in [0.5, 0.6) is 5.75 Å². The van der Waals surface area contributed by atoms with Crippen LogP contribution >= 0.6 is 0 Å². The van der Waals surface area contributed by atoms with Gasteiger partial charge in [-0.15, -0.1) is 0 Å². The van der Waals surface area contributed by atoms with Crippen molar-refractivity contribution in [1.29, 1.82) is 5.26 Å². The first kappa shape index (κ1) is 20.5. The lowest BCUT2D eigenvalue weighted by molar-refractivity contribution is 0.399. The van der Waals surface area contributed by atoms with Gasteiger partial charge in [0.1, 0.15) is 11.6 Å². The SMILES string of the molecule is COc1ccc(S(=O)(=O)N(Cc2ccc(F)cc2)Cc2ccccc2C#N)cc1. The molecule has 0 unspecified atom stereocenters. The molecule has 0 saturated heterocycles. The van der Waals surface area contributed by atoms with Gasteiger partial charge in [-0.2, -0.15) is 9.57 Å². The molecule has 0 aliphatic rings. The Labute approximate surface area is 169 Å². The summed E-state index contributed by atoms with van der Waals surface area (Å²) in [6.45, 7) is 0.0455. The Bertz CT molecular complexity index is 1120. The van der Waals surface area contributed by atoms with Gasteiger partial charge in [-0.25, -0.2) is 12.8 Å². The summed E-state index contributed by atoms with van der Waals surface area (Å²) in [4.78, 5) is 0.106. The molecule has 0 fully saturated rings. The number of nitriles is 1. The molecule has 0 N–H and O–H groups in total. The second-order valence-electron chi connectivity index (χ2n) is 6.34. The molecule has 3 aromatic carbocycles. The van der Waals surface area contributed by atoms with E-state index in [9.17, 15) is 18.1 Å². The quantitative estimate of drug-likeness (QED) is 0.588. The van der Waals surface area contributed by atoms with E-state index in [2.05, 4.69) is 6.07 Å². The Morgan fingerprint density at radius 2 is 1.62 bits per heavy atom. The van der Waals surface area contributed by atoms with Gasteiger partial charge in [-0.1, -0.05) is 30.3 Å². The van der Waals surface area contributed by atoms with Crippen LogP contribution in [0.2, 0.25) is 0 Å². The molecule has 7 heteroatoms. The molecule has 0 amide bonds. The standard InChI is InChI=1S/C22H19FN2O3S/c1-28-21-10-12-22(13-11-21)29(26,27)25(15-17-6-8-20(23)9-7-17)16-19-5-3-2-4-18(19)14-24/h2-13H,15-16H2,1H3. The molecule has 0 atom stereocenters. The Morgan fingerprint density at radius 3 is 2.24 bits per heavy atom.